The van der Waals surface area contributed by atoms with Crippen LogP contribution >= 0.6 is 11.6 Å². The minimum Gasteiger partial charge on any atom is -0.313 e. The molecule has 2 aromatic rings. The van der Waals surface area contributed by atoms with E-state index in [1.54, 1.807) is 42.5 Å². The second-order valence-electron chi connectivity index (χ2n) is 4.54. The van der Waals surface area contributed by atoms with E-state index in [1.165, 1.54) is 0 Å². The van der Waals surface area contributed by atoms with Crippen molar-refractivity contribution in [2.75, 3.05) is 11.3 Å². The number of halogens is 1. The van der Waals surface area contributed by atoms with Crippen molar-refractivity contribution in [2.45, 2.75) is 18.4 Å². The minimum absolute atomic E-state index is 0.234. The monoisotopic (exact) mass is 324 g/mol. The molecule has 0 atom stereocenters. The van der Waals surface area contributed by atoms with E-state index in [2.05, 4.69) is 10.0 Å². The number of hydrogen-bond donors (Lipinski definition) is 2. The van der Waals surface area contributed by atoms with Crippen molar-refractivity contribution in [1.29, 1.82) is 0 Å². The van der Waals surface area contributed by atoms with E-state index in [0.717, 1.165) is 12.1 Å². The van der Waals surface area contributed by atoms with E-state index in [0.29, 0.717) is 17.3 Å². The van der Waals surface area contributed by atoms with Gasteiger partial charge in [-0.2, -0.15) is 0 Å². The number of sulfonamides is 1. The van der Waals surface area contributed by atoms with Crippen LogP contribution in [-0.4, -0.2) is 15.0 Å². The number of rotatable bonds is 6. The lowest BCUT2D eigenvalue weighted by atomic mass is 10.2. The molecular weight excluding hydrogens is 308 g/mol. The Kier molecular flexibility index (Phi) is 5.22. The highest BCUT2D eigenvalue weighted by atomic mass is 35.5. The Hall–Kier alpha value is -1.56. The Morgan fingerprint density at radius 1 is 1.10 bits per heavy atom. The summed E-state index contributed by atoms with van der Waals surface area (Å²) in [7, 11) is -3.61. The molecular formula is C15H17ClN2O2S. The zero-order valence-corrected chi connectivity index (χ0v) is 13.2. The van der Waals surface area contributed by atoms with Gasteiger partial charge in [-0.05, 0) is 42.4 Å². The van der Waals surface area contributed by atoms with Crippen LogP contribution in [0.5, 0.6) is 0 Å². The second kappa shape index (κ2) is 6.93. The van der Waals surface area contributed by atoms with E-state index in [9.17, 15) is 8.42 Å². The van der Waals surface area contributed by atoms with Crippen LogP contribution in [0.2, 0.25) is 5.02 Å². The first-order valence-electron chi connectivity index (χ1n) is 6.59. The van der Waals surface area contributed by atoms with Crippen molar-refractivity contribution < 1.29 is 8.42 Å². The third-order valence-electron chi connectivity index (χ3n) is 2.86. The quantitative estimate of drug-likeness (QED) is 0.857. The van der Waals surface area contributed by atoms with Crippen LogP contribution in [0.25, 0.3) is 0 Å². The summed E-state index contributed by atoms with van der Waals surface area (Å²) in [6.07, 6.45) is 0. The maximum Gasteiger partial charge on any atom is 0.261 e. The van der Waals surface area contributed by atoms with Gasteiger partial charge in [0.2, 0.25) is 0 Å². The summed E-state index contributed by atoms with van der Waals surface area (Å²) in [5.41, 5.74) is 1.37. The van der Waals surface area contributed by atoms with Gasteiger partial charge in [-0.3, -0.25) is 4.72 Å². The van der Waals surface area contributed by atoms with Gasteiger partial charge in [-0.15, -0.1) is 0 Å². The first-order valence-corrected chi connectivity index (χ1v) is 8.45. The third-order valence-corrected chi connectivity index (χ3v) is 4.48. The summed E-state index contributed by atoms with van der Waals surface area (Å²) >= 11 is 5.86. The summed E-state index contributed by atoms with van der Waals surface area (Å²) in [4.78, 5) is 0.234. The van der Waals surface area contributed by atoms with Gasteiger partial charge < -0.3 is 5.32 Å². The summed E-state index contributed by atoms with van der Waals surface area (Å²) in [6, 6.07) is 13.5. The largest absolute Gasteiger partial charge is 0.313 e. The molecule has 0 saturated heterocycles. The summed E-state index contributed by atoms with van der Waals surface area (Å²) in [6.45, 7) is 3.47. The maximum atomic E-state index is 12.4. The lowest BCUT2D eigenvalue weighted by Gasteiger charge is -2.10. The average molecular weight is 325 g/mol. The molecule has 0 aromatic heterocycles. The molecule has 6 heteroatoms. The van der Waals surface area contributed by atoms with Crippen molar-refractivity contribution in [2.24, 2.45) is 0 Å². The number of benzene rings is 2. The van der Waals surface area contributed by atoms with Crippen LogP contribution in [0.3, 0.4) is 0 Å². The van der Waals surface area contributed by atoms with Crippen molar-refractivity contribution in [3.8, 4) is 0 Å². The normalized spacial score (nSPS) is 11.3. The van der Waals surface area contributed by atoms with Gasteiger partial charge in [0.25, 0.3) is 10.0 Å². The molecule has 0 bridgehead atoms. The van der Waals surface area contributed by atoms with E-state index in [-0.39, 0.29) is 4.90 Å². The number of hydrogen-bond acceptors (Lipinski definition) is 3. The fourth-order valence-electron chi connectivity index (χ4n) is 1.86. The summed E-state index contributed by atoms with van der Waals surface area (Å²) in [5.74, 6) is 0. The predicted octanol–water partition coefficient (Wildman–Crippen LogP) is 3.25. The van der Waals surface area contributed by atoms with Crippen LogP contribution in [0.1, 0.15) is 12.5 Å². The Morgan fingerprint density at radius 2 is 1.86 bits per heavy atom. The molecule has 0 fully saturated rings. The van der Waals surface area contributed by atoms with Crippen molar-refractivity contribution in [3.63, 3.8) is 0 Å². The molecule has 4 nitrogen and oxygen atoms in total. The summed E-state index contributed by atoms with van der Waals surface area (Å²) in [5, 5.41) is 3.65. The van der Waals surface area contributed by atoms with Gasteiger partial charge in [0, 0.05) is 11.6 Å². The van der Waals surface area contributed by atoms with Crippen LogP contribution in [0.15, 0.2) is 53.4 Å². The van der Waals surface area contributed by atoms with Gasteiger partial charge >= 0.3 is 0 Å². The molecule has 0 heterocycles. The number of anilines is 1. The molecule has 0 unspecified atom stereocenters. The Labute approximate surface area is 130 Å². The standard InChI is InChI=1S/C15H17ClN2O2S/c1-2-17-11-12-5-3-8-15(9-12)21(19,20)18-14-7-4-6-13(16)10-14/h3-10,17-18H,2,11H2,1H3. The molecule has 21 heavy (non-hydrogen) atoms. The Balaban J connectivity index is 2.23. The van der Waals surface area contributed by atoms with E-state index in [1.807, 2.05) is 13.0 Å². The first-order chi connectivity index (χ1) is 10.0. The molecule has 0 amide bonds. The molecule has 112 valence electrons. The first kappa shape index (κ1) is 15.8. The van der Waals surface area contributed by atoms with Crippen molar-refractivity contribution >= 4 is 27.3 Å². The molecule has 0 aliphatic rings. The average Bonchev–Trinajstić information content (AvgIpc) is 2.45. The molecule has 0 aliphatic carbocycles. The second-order valence-corrected chi connectivity index (χ2v) is 6.66. The summed E-state index contributed by atoms with van der Waals surface area (Å²) < 4.78 is 27.3. The highest BCUT2D eigenvalue weighted by Gasteiger charge is 2.14. The van der Waals surface area contributed by atoms with Crippen LogP contribution < -0.4 is 10.0 Å². The molecule has 2 N–H and O–H groups in total. The van der Waals surface area contributed by atoms with E-state index >= 15 is 0 Å². The Bertz CT molecular complexity index is 717. The van der Waals surface area contributed by atoms with Crippen LogP contribution in [0.4, 0.5) is 5.69 Å². The zero-order chi connectivity index (χ0) is 15.3. The fourth-order valence-corrected chi connectivity index (χ4v) is 3.17. The van der Waals surface area contributed by atoms with Crippen molar-refractivity contribution in [1.82, 2.24) is 5.32 Å². The molecule has 0 radical (unpaired) electrons. The van der Waals surface area contributed by atoms with Gasteiger partial charge in [0.05, 0.1) is 10.6 Å². The van der Waals surface area contributed by atoms with Crippen LogP contribution in [-0.2, 0) is 16.6 Å². The molecule has 0 spiro atoms. The highest BCUT2D eigenvalue weighted by Crippen LogP contribution is 2.20. The smallest absolute Gasteiger partial charge is 0.261 e. The lowest BCUT2D eigenvalue weighted by molar-refractivity contribution is 0.601. The van der Waals surface area contributed by atoms with Gasteiger partial charge in [-0.25, -0.2) is 8.42 Å². The van der Waals surface area contributed by atoms with Crippen molar-refractivity contribution in [3.05, 3.63) is 59.1 Å². The minimum atomic E-state index is -3.61. The number of nitrogens with one attached hydrogen (secondary N) is 2. The highest BCUT2D eigenvalue weighted by molar-refractivity contribution is 7.92. The lowest BCUT2D eigenvalue weighted by Crippen LogP contribution is -2.15. The van der Waals surface area contributed by atoms with Gasteiger partial charge in [0.1, 0.15) is 0 Å². The fraction of sp³-hybridized carbons (Fsp3) is 0.200. The SMILES string of the molecule is CCNCc1cccc(S(=O)(=O)Nc2cccc(Cl)c2)c1. The van der Waals surface area contributed by atoms with Crippen LogP contribution in [0, 0.1) is 0 Å². The molecule has 2 aromatic carbocycles. The van der Waals surface area contributed by atoms with E-state index in [4.69, 9.17) is 11.6 Å². The zero-order valence-electron chi connectivity index (χ0n) is 11.6. The van der Waals surface area contributed by atoms with Gasteiger partial charge in [0.15, 0.2) is 0 Å². The molecule has 0 saturated carbocycles. The van der Waals surface area contributed by atoms with E-state index < -0.39 is 10.0 Å². The molecule has 2 rings (SSSR count). The topological polar surface area (TPSA) is 58.2 Å². The predicted molar refractivity (Wildman–Crippen MR) is 86.1 cm³/mol. The van der Waals surface area contributed by atoms with Gasteiger partial charge in [-0.1, -0.05) is 36.7 Å². The maximum absolute atomic E-state index is 12.4. The Morgan fingerprint density at radius 3 is 2.57 bits per heavy atom. The third kappa shape index (κ3) is 4.46. The molecule has 0 aliphatic heterocycles.